The van der Waals surface area contributed by atoms with E-state index in [-0.39, 0.29) is 5.91 Å². The number of amides is 1. The highest BCUT2D eigenvalue weighted by Gasteiger charge is 2.22. The van der Waals surface area contributed by atoms with Crippen molar-refractivity contribution < 1.29 is 9.21 Å². The van der Waals surface area contributed by atoms with E-state index < -0.39 is 0 Å². The van der Waals surface area contributed by atoms with Crippen LogP contribution in [-0.4, -0.2) is 41.9 Å². The van der Waals surface area contributed by atoms with Crippen molar-refractivity contribution in [2.45, 2.75) is 0 Å². The van der Waals surface area contributed by atoms with Gasteiger partial charge in [-0.05, 0) is 12.1 Å². The zero-order valence-corrected chi connectivity index (χ0v) is 9.37. The van der Waals surface area contributed by atoms with Crippen LogP contribution in [0, 0.1) is 11.3 Å². The molecule has 1 amide bonds. The van der Waals surface area contributed by atoms with Gasteiger partial charge in [0.2, 0.25) is 0 Å². The average Bonchev–Trinajstić information content (AvgIpc) is 2.90. The van der Waals surface area contributed by atoms with E-state index in [0.29, 0.717) is 18.8 Å². The van der Waals surface area contributed by atoms with Gasteiger partial charge in [-0.1, -0.05) is 0 Å². The minimum Gasteiger partial charge on any atom is -0.459 e. The van der Waals surface area contributed by atoms with Crippen molar-refractivity contribution in [2.75, 3.05) is 26.2 Å². The summed E-state index contributed by atoms with van der Waals surface area (Å²) in [6.07, 6.45) is 4.71. The Morgan fingerprint density at radius 3 is 2.76 bits per heavy atom. The Bertz CT molecular complexity index is 437. The molecule has 1 saturated heterocycles. The molecule has 17 heavy (non-hydrogen) atoms. The van der Waals surface area contributed by atoms with E-state index in [1.54, 1.807) is 23.2 Å². The Hall–Kier alpha value is -2.22. The normalized spacial score (nSPS) is 16.2. The van der Waals surface area contributed by atoms with Crippen LogP contribution in [0.3, 0.4) is 0 Å². The van der Waals surface area contributed by atoms with Gasteiger partial charge in [0.1, 0.15) is 0 Å². The second-order valence-corrected chi connectivity index (χ2v) is 3.75. The summed E-state index contributed by atoms with van der Waals surface area (Å²) in [6.45, 7) is 2.78. The Labute approximate surface area is 99.5 Å². The molecule has 0 N–H and O–H groups in total. The molecule has 1 aliphatic heterocycles. The van der Waals surface area contributed by atoms with Crippen LogP contribution in [0.15, 0.2) is 35.1 Å². The second kappa shape index (κ2) is 5.21. The molecule has 1 aliphatic rings. The highest BCUT2D eigenvalue weighted by Crippen LogP contribution is 2.09. The van der Waals surface area contributed by atoms with Crippen molar-refractivity contribution in [1.82, 2.24) is 9.80 Å². The van der Waals surface area contributed by atoms with Gasteiger partial charge >= 0.3 is 0 Å². The molecular weight excluding hydrogens is 218 g/mol. The molecule has 0 aliphatic carbocycles. The van der Waals surface area contributed by atoms with E-state index in [0.717, 1.165) is 13.1 Å². The fourth-order valence-corrected chi connectivity index (χ4v) is 1.77. The molecule has 1 aromatic heterocycles. The minimum atomic E-state index is -0.0705. The smallest absolute Gasteiger partial charge is 0.289 e. The van der Waals surface area contributed by atoms with E-state index in [4.69, 9.17) is 9.68 Å². The molecule has 0 atom stereocenters. The predicted molar refractivity (Wildman–Crippen MR) is 60.9 cm³/mol. The molecule has 0 saturated carbocycles. The van der Waals surface area contributed by atoms with Crippen molar-refractivity contribution in [1.29, 1.82) is 5.26 Å². The van der Waals surface area contributed by atoms with Crippen LogP contribution in [0.25, 0.3) is 0 Å². The molecule has 2 rings (SSSR count). The van der Waals surface area contributed by atoms with Crippen molar-refractivity contribution in [3.8, 4) is 6.07 Å². The number of furan rings is 1. The fraction of sp³-hybridized carbons (Fsp3) is 0.333. The van der Waals surface area contributed by atoms with Crippen LogP contribution < -0.4 is 0 Å². The van der Waals surface area contributed by atoms with Crippen molar-refractivity contribution in [3.63, 3.8) is 0 Å². The van der Waals surface area contributed by atoms with Crippen molar-refractivity contribution >= 4 is 5.91 Å². The van der Waals surface area contributed by atoms with Gasteiger partial charge in [0.15, 0.2) is 5.76 Å². The lowest BCUT2D eigenvalue weighted by Crippen LogP contribution is -2.46. The maximum absolute atomic E-state index is 11.9. The zero-order valence-electron chi connectivity index (χ0n) is 9.37. The quantitative estimate of drug-likeness (QED) is 0.714. The average molecular weight is 231 g/mol. The monoisotopic (exact) mass is 231 g/mol. The molecule has 5 nitrogen and oxygen atoms in total. The van der Waals surface area contributed by atoms with Gasteiger partial charge in [-0.15, -0.1) is 0 Å². The minimum absolute atomic E-state index is 0.0705. The Morgan fingerprint density at radius 1 is 1.41 bits per heavy atom. The molecular formula is C12H13N3O2. The first-order valence-electron chi connectivity index (χ1n) is 5.44. The second-order valence-electron chi connectivity index (χ2n) is 3.75. The summed E-state index contributed by atoms with van der Waals surface area (Å²) in [5.74, 6) is 0.310. The van der Waals surface area contributed by atoms with Crippen LogP contribution >= 0.6 is 0 Å². The number of carbonyl (C=O) groups is 1. The third kappa shape index (κ3) is 2.67. The lowest BCUT2D eigenvalue weighted by atomic mass is 10.3. The fourth-order valence-electron chi connectivity index (χ4n) is 1.77. The molecule has 1 fully saturated rings. The maximum atomic E-state index is 11.9. The molecule has 0 spiro atoms. The van der Waals surface area contributed by atoms with Gasteiger partial charge in [0.05, 0.1) is 12.3 Å². The summed E-state index contributed by atoms with van der Waals surface area (Å²) >= 11 is 0. The van der Waals surface area contributed by atoms with Crippen molar-refractivity contribution in [2.24, 2.45) is 0 Å². The topological polar surface area (TPSA) is 60.5 Å². The Morgan fingerprint density at radius 2 is 2.18 bits per heavy atom. The van der Waals surface area contributed by atoms with Gasteiger partial charge in [-0.2, -0.15) is 5.26 Å². The molecule has 1 aromatic rings. The van der Waals surface area contributed by atoms with Crippen LogP contribution in [0.5, 0.6) is 0 Å². The predicted octanol–water partition coefficient (Wildman–Crippen LogP) is 1.07. The lowest BCUT2D eigenvalue weighted by molar-refractivity contribution is 0.0647. The first-order chi connectivity index (χ1) is 8.31. The number of hydrogen-bond acceptors (Lipinski definition) is 4. The standard InChI is InChI=1S/C12H13N3O2/c13-4-2-5-14-6-8-15(9-7-14)12(16)11-3-1-10-17-11/h1-3,5,10H,6-9H2/b5-2+. The summed E-state index contributed by atoms with van der Waals surface area (Å²) in [5.41, 5.74) is 0. The molecule has 0 radical (unpaired) electrons. The van der Waals surface area contributed by atoms with Crippen molar-refractivity contribution in [3.05, 3.63) is 36.4 Å². The number of rotatable bonds is 2. The van der Waals surface area contributed by atoms with E-state index in [1.165, 1.54) is 12.3 Å². The Kier molecular flexibility index (Phi) is 3.46. The molecule has 2 heterocycles. The molecule has 5 heteroatoms. The number of carbonyl (C=O) groups excluding carboxylic acids is 1. The first-order valence-corrected chi connectivity index (χ1v) is 5.44. The summed E-state index contributed by atoms with van der Waals surface area (Å²) in [4.78, 5) is 15.7. The third-order valence-electron chi connectivity index (χ3n) is 2.69. The van der Waals surface area contributed by atoms with Gasteiger partial charge in [-0.25, -0.2) is 0 Å². The van der Waals surface area contributed by atoms with E-state index in [9.17, 15) is 4.79 Å². The van der Waals surface area contributed by atoms with E-state index in [2.05, 4.69) is 0 Å². The highest BCUT2D eigenvalue weighted by molar-refractivity contribution is 5.91. The molecule has 88 valence electrons. The lowest BCUT2D eigenvalue weighted by Gasteiger charge is -2.33. The summed E-state index contributed by atoms with van der Waals surface area (Å²) in [7, 11) is 0. The van der Waals surface area contributed by atoms with E-state index in [1.807, 2.05) is 11.0 Å². The SMILES string of the molecule is N#C/C=C/N1CCN(C(=O)c2ccco2)CC1. The number of nitriles is 1. The van der Waals surface area contributed by atoms with Crippen LogP contribution in [-0.2, 0) is 0 Å². The van der Waals surface area contributed by atoms with Crippen LogP contribution in [0.1, 0.15) is 10.6 Å². The van der Waals surface area contributed by atoms with E-state index >= 15 is 0 Å². The molecule has 0 unspecified atom stereocenters. The number of nitrogens with zero attached hydrogens (tertiary/aromatic N) is 3. The van der Waals surface area contributed by atoms with Gasteiger partial charge in [-0.3, -0.25) is 4.79 Å². The third-order valence-corrected chi connectivity index (χ3v) is 2.69. The number of allylic oxidation sites excluding steroid dienone is 1. The highest BCUT2D eigenvalue weighted by atomic mass is 16.3. The molecule has 0 aromatic carbocycles. The Balaban J connectivity index is 1.89. The van der Waals surface area contributed by atoms with Crippen LogP contribution in [0.4, 0.5) is 0 Å². The maximum Gasteiger partial charge on any atom is 0.289 e. The number of hydrogen-bond donors (Lipinski definition) is 0. The largest absolute Gasteiger partial charge is 0.459 e. The van der Waals surface area contributed by atoms with Gasteiger partial charge in [0.25, 0.3) is 5.91 Å². The summed E-state index contributed by atoms with van der Waals surface area (Å²) < 4.78 is 5.08. The van der Waals surface area contributed by atoms with Gasteiger partial charge in [0, 0.05) is 38.5 Å². The van der Waals surface area contributed by atoms with Crippen LogP contribution in [0.2, 0.25) is 0 Å². The number of piperazine rings is 1. The zero-order chi connectivity index (χ0) is 12.1. The summed E-state index contributed by atoms with van der Waals surface area (Å²) in [6, 6.07) is 5.33. The first kappa shape index (κ1) is 11.3. The molecule has 0 bridgehead atoms. The summed E-state index contributed by atoms with van der Waals surface area (Å²) in [5, 5.41) is 8.42. The van der Waals surface area contributed by atoms with Gasteiger partial charge < -0.3 is 14.2 Å².